The molecule has 2 aromatic rings. The summed E-state index contributed by atoms with van der Waals surface area (Å²) in [5.74, 6) is -0.115. The quantitative estimate of drug-likeness (QED) is 0.656. The topological polar surface area (TPSA) is 75.4 Å². The van der Waals surface area contributed by atoms with Crippen LogP contribution in [0.1, 0.15) is 21.5 Å². The molecule has 0 aromatic heterocycles. The second kappa shape index (κ2) is 4.94. The maximum atomic E-state index is 12.5. The summed E-state index contributed by atoms with van der Waals surface area (Å²) in [7, 11) is 1.71. The molecular formula is C16H15N3O2. The van der Waals surface area contributed by atoms with Crippen LogP contribution in [0.2, 0.25) is 0 Å². The third-order valence-electron chi connectivity index (χ3n) is 3.57. The number of fused-ring (bicyclic) bond motifs is 1. The van der Waals surface area contributed by atoms with Crippen molar-refractivity contribution in [2.24, 2.45) is 0 Å². The number of rotatable bonds is 2. The molecule has 1 aliphatic rings. The highest BCUT2D eigenvalue weighted by molar-refractivity contribution is 6.12. The first-order valence-corrected chi connectivity index (χ1v) is 6.60. The molecular weight excluding hydrogens is 266 g/mol. The standard InChI is InChI=1S/C16H15N3O2/c1-19-9-11-8-10(6-7-14(11)18-16(19)21)15(20)12-4-2-3-5-13(12)17/h2-8H,9,17H2,1H3,(H,18,21). The van der Waals surface area contributed by atoms with Gasteiger partial charge in [0.15, 0.2) is 5.78 Å². The van der Waals surface area contributed by atoms with Gasteiger partial charge in [0.25, 0.3) is 0 Å². The lowest BCUT2D eigenvalue weighted by Crippen LogP contribution is -2.35. The number of carbonyl (C=O) groups excluding carboxylic acids is 2. The first-order valence-electron chi connectivity index (χ1n) is 6.60. The van der Waals surface area contributed by atoms with Gasteiger partial charge in [0.2, 0.25) is 0 Å². The van der Waals surface area contributed by atoms with Gasteiger partial charge in [0, 0.05) is 36.1 Å². The van der Waals surface area contributed by atoms with Crippen LogP contribution in [0.5, 0.6) is 0 Å². The van der Waals surface area contributed by atoms with Crippen LogP contribution in [0, 0.1) is 0 Å². The molecule has 1 heterocycles. The SMILES string of the molecule is CN1Cc2cc(C(=O)c3ccccc3N)ccc2NC1=O. The molecule has 5 heteroatoms. The smallest absolute Gasteiger partial charge is 0.321 e. The minimum Gasteiger partial charge on any atom is -0.398 e. The van der Waals surface area contributed by atoms with E-state index in [0.29, 0.717) is 23.4 Å². The highest BCUT2D eigenvalue weighted by Gasteiger charge is 2.21. The fourth-order valence-corrected chi connectivity index (χ4v) is 2.38. The average Bonchev–Trinajstić information content (AvgIpc) is 2.48. The number of ketones is 1. The first-order chi connectivity index (χ1) is 10.1. The van der Waals surface area contributed by atoms with Crippen molar-refractivity contribution in [1.82, 2.24) is 4.90 Å². The Morgan fingerprint density at radius 3 is 2.76 bits per heavy atom. The molecule has 0 atom stereocenters. The first kappa shape index (κ1) is 13.2. The van der Waals surface area contributed by atoms with E-state index in [1.807, 2.05) is 0 Å². The molecule has 0 saturated carbocycles. The van der Waals surface area contributed by atoms with Crippen molar-refractivity contribution in [1.29, 1.82) is 0 Å². The van der Waals surface area contributed by atoms with E-state index in [9.17, 15) is 9.59 Å². The highest BCUT2D eigenvalue weighted by atomic mass is 16.2. The number of nitrogens with zero attached hydrogens (tertiary/aromatic N) is 1. The van der Waals surface area contributed by atoms with Crippen LogP contribution >= 0.6 is 0 Å². The van der Waals surface area contributed by atoms with Crippen LogP contribution in [0.15, 0.2) is 42.5 Å². The molecule has 106 valence electrons. The van der Waals surface area contributed by atoms with Crippen LogP contribution in [0.3, 0.4) is 0 Å². The van der Waals surface area contributed by atoms with E-state index in [-0.39, 0.29) is 11.8 Å². The number of benzene rings is 2. The Bertz CT molecular complexity index is 740. The van der Waals surface area contributed by atoms with Gasteiger partial charge < -0.3 is 16.0 Å². The molecule has 21 heavy (non-hydrogen) atoms. The number of hydrogen-bond donors (Lipinski definition) is 2. The summed E-state index contributed by atoms with van der Waals surface area (Å²) in [6.07, 6.45) is 0. The second-order valence-electron chi connectivity index (χ2n) is 5.07. The molecule has 0 fully saturated rings. The summed E-state index contributed by atoms with van der Waals surface area (Å²) >= 11 is 0. The molecule has 0 saturated heterocycles. The molecule has 2 aromatic carbocycles. The molecule has 1 aliphatic heterocycles. The van der Waals surface area contributed by atoms with E-state index in [2.05, 4.69) is 5.32 Å². The van der Waals surface area contributed by atoms with Crippen molar-refractivity contribution in [3.05, 3.63) is 59.2 Å². The summed E-state index contributed by atoms with van der Waals surface area (Å²) in [5, 5.41) is 2.78. The Balaban J connectivity index is 1.98. The Morgan fingerprint density at radius 1 is 1.24 bits per heavy atom. The summed E-state index contributed by atoms with van der Waals surface area (Å²) in [6.45, 7) is 0.479. The lowest BCUT2D eigenvalue weighted by atomic mass is 9.98. The molecule has 3 N–H and O–H groups in total. The van der Waals surface area contributed by atoms with Crippen molar-refractivity contribution >= 4 is 23.2 Å². The predicted octanol–water partition coefficient (Wildman–Crippen LogP) is 2.48. The molecule has 2 amide bonds. The van der Waals surface area contributed by atoms with E-state index in [1.165, 1.54) is 0 Å². The molecule has 0 unspecified atom stereocenters. The maximum Gasteiger partial charge on any atom is 0.321 e. The number of nitrogens with one attached hydrogen (secondary N) is 1. The van der Waals surface area contributed by atoms with Crippen molar-refractivity contribution < 1.29 is 9.59 Å². The van der Waals surface area contributed by atoms with E-state index in [1.54, 1.807) is 54.4 Å². The van der Waals surface area contributed by atoms with Gasteiger partial charge in [-0.1, -0.05) is 12.1 Å². The Hall–Kier alpha value is -2.82. The molecule has 5 nitrogen and oxygen atoms in total. The molecule has 0 spiro atoms. The van der Waals surface area contributed by atoms with Gasteiger partial charge >= 0.3 is 6.03 Å². The zero-order valence-electron chi connectivity index (χ0n) is 11.6. The largest absolute Gasteiger partial charge is 0.398 e. The second-order valence-corrected chi connectivity index (χ2v) is 5.07. The zero-order valence-corrected chi connectivity index (χ0v) is 11.6. The van der Waals surface area contributed by atoms with Crippen molar-refractivity contribution in [2.75, 3.05) is 18.1 Å². The van der Waals surface area contributed by atoms with Gasteiger partial charge in [-0.3, -0.25) is 4.79 Å². The summed E-state index contributed by atoms with van der Waals surface area (Å²) in [6, 6.07) is 12.1. The predicted molar refractivity (Wildman–Crippen MR) is 81.2 cm³/mol. The molecule has 0 bridgehead atoms. The van der Waals surface area contributed by atoms with Gasteiger partial charge in [-0.25, -0.2) is 4.79 Å². The van der Waals surface area contributed by atoms with Crippen LogP contribution < -0.4 is 11.1 Å². The molecule has 3 rings (SSSR count). The average molecular weight is 281 g/mol. The van der Waals surface area contributed by atoms with E-state index in [0.717, 1.165) is 11.3 Å². The highest BCUT2D eigenvalue weighted by Crippen LogP contribution is 2.25. The number of anilines is 2. The van der Waals surface area contributed by atoms with Crippen molar-refractivity contribution in [3.63, 3.8) is 0 Å². The molecule has 0 radical (unpaired) electrons. The maximum absolute atomic E-state index is 12.5. The Labute approximate surface area is 122 Å². The van der Waals surface area contributed by atoms with Gasteiger partial charge in [0.1, 0.15) is 0 Å². The van der Waals surface area contributed by atoms with Crippen molar-refractivity contribution in [2.45, 2.75) is 6.54 Å². The number of urea groups is 1. The van der Waals surface area contributed by atoms with Crippen LogP contribution in [-0.4, -0.2) is 23.8 Å². The van der Waals surface area contributed by atoms with Crippen LogP contribution in [-0.2, 0) is 6.54 Å². The fourth-order valence-electron chi connectivity index (χ4n) is 2.38. The normalized spacial score (nSPS) is 13.6. The number of para-hydroxylation sites is 1. The van der Waals surface area contributed by atoms with E-state index < -0.39 is 0 Å². The van der Waals surface area contributed by atoms with Gasteiger partial charge in [0.05, 0.1) is 0 Å². The third-order valence-corrected chi connectivity index (χ3v) is 3.57. The fraction of sp³-hybridized carbons (Fsp3) is 0.125. The summed E-state index contributed by atoms with van der Waals surface area (Å²) in [4.78, 5) is 25.7. The molecule has 0 aliphatic carbocycles. The van der Waals surface area contributed by atoms with Gasteiger partial charge in [-0.05, 0) is 35.9 Å². The number of nitrogen functional groups attached to an aromatic ring is 1. The minimum atomic E-state index is -0.145. The summed E-state index contributed by atoms with van der Waals surface area (Å²) < 4.78 is 0. The lowest BCUT2D eigenvalue weighted by molar-refractivity contribution is 0.103. The number of hydrogen-bond acceptors (Lipinski definition) is 3. The number of amides is 2. The van der Waals surface area contributed by atoms with Crippen molar-refractivity contribution in [3.8, 4) is 0 Å². The van der Waals surface area contributed by atoms with E-state index in [4.69, 9.17) is 5.73 Å². The monoisotopic (exact) mass is 281 g/mol. The van der Waals surface area contributed by atoms with Gasteiger partial charge in [-0.2, -0.15) is 0 Å². The Kier molecular flexibility index (Phi) is 3.10. The Morgan fingerprint density at radius 2 is 2.00 bits per heavy atom. The van der Waals surface area contributed by atoms with E-state index >= 15 is 0 Å². The third kappa shape index (κ3) is 2.33. The zero-order chi connectivity index (χ0) is 15.0. The van der Waals surface area contributed by atoms with Crippen LogP contribution in [0.4, 0.5) is 16.2 Å². The number of carbonyl (C=O) groups is 2. The number of nitrogens with two attached hydrogens (primary N) is 1. The summed E-state index contributed by atoms with van der Waals surface area (Å²) in [5.41, 5.74) is 9.03. The van der Waals surface area contributed by atoms with Gasteiger partial charge in [-0.15, -0.1) is 0 Å². The minimum absolute atomic E-state index is 0.115. The lowest BCUT2D eigenvalue weighted by Gasteiger charge is -2.26. The van der Waals surface area contributed by atoms with Crippen LogP contribution in [0.25, 0.3) is 0 Å².